The largest absolute Gasteiger partial charge is 0.264 e. The van der Waals surface area contributed by atoms with Gasteiger partial charge in [0.1, 0.15) is 0 Å². The molecule has 0 bridgehead atoms. The second-order valence-corrected chi connectivity index (χ2v) is 3.44. The molecule has 0 spiro atoms. The molecular formula is C10H15N3. The number of hydrazine groups is 1. The predicted molar refractivity (Wildman–Crippen MR) is 52.2 cm³/mol. The zero-order chi connectivity index (χ0) is 9.10. The van der Waals surface area contributed by atoms with Crippen LogP contribution in [0.4, 0.5) is 0 Å². The highest BCUT2D eigenvalue weighted by Crippen LogP contribution is 2.24. The molecule has 1 saturated heterocycles. The summed E-state index contributed by atoms with van der Waals surface area (Å²) < 4.78 is 0. The topological polar surface area (TPSA) is 28.2 Å². The molecule has 1 aliphatic heterocycles. The zero-order valence-corrected chi connectivity index (χ0v) is 7.90. The number of nitrogens with one attached hydrogen (secondary N) is 1. The molecule has 0 radical (unpaired) electrons. The molecule has 0 aromatic carbocycles. The van der Waals surface area contributed by atoms with Crippen LogP contribution in [0, 0.1) is 0 Å². The first-order valence-corrected chi connectivity index (χ1v) is 4.72. The molecule has 1 aromatic heterocycles. The molecule has 0 unspecified atom stereocenters. The zero-order valence-electron chi connectivity index (χ0n) is 7.90. The number of aromatic nitrogens is 1. The summed E-state index contributed by atoms with van der Waals surface area (Å²) >= 11 is 0. The van der Waals surface area contributed by atoms with Gasteiger partial charge >= 0.3 is 0 Å². The lowest BCUT2D eigenvalue weighted by Crippen LogP contribution is -2.32. The summed E-state index contributed by atoms with van der Waals surface area (Å²) in [6.07, 6.45) is 5.03. The van der Waals surface area contributed by atoms with Gasteiger partial charge < -0.3 is 0 Å². The molecule has 3 nitrogen and oxygen atoms in total. The molecule has 1 N–H and O–H groups in total. The van der Waals surface area contributed by atoms with Crippen LogP contribution in [-0.2, 0) is 0 Å². The fraction of sp³-hybridized carbons (Fsp3) is 0.500. The second-order valence-electron chi connectivity index (χ2n) is 3.44. The number of hydrogen-bond acceptors (Lipinski definition) is 3. The van der Waals surface area contributed by atoms with E-state index in [1.165, 1.54) is 12.0 Å². The van der Waals surface area contributed by atoms with Gasteiger partial charge in [0.2, 0.25) is 0 Å². The lowest BCUT2D eigenvalue weighted by Gasteiger charge is -2.13. The quantitative estimate of drug-likeness (QED) is 0.730. The molecule has 13 heavy (non-hydrogen) atoms. The number of pyridine rings is 1. The number of rotatable bonds is 2. The minimum absolute atomic E-state index is 0.654. The fourth-order valence-corrected chi connectivity index (χ4v) is 1.85. The Bertz CT molecular complexity index is 260. The van der Waals surface area contributed by atoms with Crippen molar-refractivity contribution in [3.8, 4) is 0 Å². The Morgan fingerprint density at radius 2 is 2.54 bits per heavy atom. The van der Waals surface area contributed by atoms with E-state index in [-0.39, 0.29) is 0 Å². The van der Waals surface area contributed by atoms with Crippen molar-refractivity contribution >= 4 is 0 Å². The molecule has 2 rings (SSSR count). The van der Waals surface area contributed by atoms with Gasteiger partial charge in [-0.05, 0) is 25.1 Å². The summed E-state index contributed by atoms with van der Waals surface area (Å²) in [5.41, 5.74) is 4.54. The summed E-state index contributed by atoms with van der Waals surface area (Å²) in [6.45, 7) is 2.23. The van der Waals surface area contributed by atoms with Crippen LogP contribution in [0.5, 0.6) is 0 Å². The SMILES string of the molecule is CNN1CC[C@@H](c2cccnc2)C1. The Balaban J connectivity index is 2.04. The molecule has 1 aromatic rings. The van der Waals surface area contributed by atoms with Gasteiger partial charge in [0, 0.05) is 31.4 Å². The lowest BCUT2D eigenvalue weighted by atomic mass is 10.0. The summed E-state index contributed by atoms with van der Waals surface area (Å²) in [4.78, 5) is 4.14. The van der Waals surface area contributed by atoms with Crippen molar-refractivity contribution in [2.75, 3.05) is 20.1 Å². The van der Waals surface area contributed by atoms with Crippen LogP contribution in [0.2, 0.25) is 0 Å². The number of hydrogen-bond donors (Lipinski definition) is 1. The average molecular weight is 177 g/mol. The van der Waals surface area contributed by atoms with Crippen molar-refractivity contribution in [1.29, 1.82) is 0 Å². The van der Waals surface area contributed by atoms with Gasteiger partial charge in [-0.3, -0.25) is 10.4 Å². The Kier molecular flexibility index (Phi) is 2.57. The molecule has 1 atom stereocenters. The van der Waals surface area contributed by atoms with Crippen LogP contribution in [-0.4, -0.2) is 30.1 Å². The highest BCUT2D eigenvalue weighted by atomic mass is 15.5. The maximum atomic E-state index is 4.14. The van der Waals surface area contributed by atoms with E-state index in [4.69, 9.17) is 0 Å². The molecule has 1 aliphatic rings. The third kappa shape index (κ3) is 1.87. The summed E-state index contributed by atoms with van der Waals surface area (Å²) in [5.74, 6) is 0.654. The van der Waals surface area contributed by atoms with Gasteiger partial charge in [0.25, 0.3) is 0 Å². The molecule has 3 heteroatoms. The van der Waals surface area contributed by atoms with Crippen molar-refractivity contribution in [3.63, 3.8) is 0 Å². The van der Waals surface area contributed by atoms with Gasteiger partial charge in [0.05, 0.1) is 0 Å². The van der Waals surface area contributed by atoms with Crippen molar-refractivity contribution in [2.45, 2.75) is 12.3 Å². The van der Waals surface area contributed by atoms with Crippen LogP contribution in [0.1, 0.15) is 17.9 Å². The van der Waals surface area contributed by atoms with E-state index in [9.17, 15) is 0 Å². The van der Waals surface area contributed by atoms with Crippen molar-refractivity contribution in [1.82, 2.24) is 15.4 Å². The Morgan fingerprint density at radius 1 is 1.62 bits per heavy atom. The normalized spacial score (nSPS) is 23.6. The van der Waals surface area contributed by atoms with Gasteiger partial charge in [0.15, 0.2) is 0 Å². The van der Waals surface area contributed by atoms with Crippen molar-refractivity contribution in [2.24, 2.45) is 0 Å². The predicted octanol–water partition coefficient (Wildman–Crippen LogP) is 1.01. The number of nitrogens with zero attached hydrogens (tertiary/aromatic N) is 2. The molecule has 0 amide bonds. The summed E-state index contributed by atoms with van der Waals surface area (Å²) in [5, 5.41) is 2.25. The third-order valence-corrected chi connectivity index (χ3v) is 2.66. The van der Waals surface area contributed by atoms with E-state index >= 15 is 0 Å². The Morgan fingerprint density at radius 3 is 3.15 bits per heavy atom. The first kappa shape index (κ1) is 8.66. The summed E-state index contributed by atoms with van der Waals surface area (Å²) in [7, 11) is 1.98. The monoisotopic (exact) mass is 177 g/mol. The molecule has 2 heterocycles. The van der Waals surface area contributed by atoms with E-state index in [1.807, 2.05) is 25.5 Å². The van der Waals surface area contributed by atoms with Gasteiger partial charge in [-0.2, -0.15) is 0 Å². The van der Waals surface area contributed by atoms with Gasteiger partial charge in [-0.25, -0.2) is 5.01 Å². The molecule has 0 saturated carbocycles. The smallest absolute Gasteiger partial charge is 0.0303 e. The standard InChI is InChI=1S/C10H15N3/c1-11-13-6-4-10(8-13)9-3-2-5-12-7-9/h2-3,5,7,10-11H,4,6,8H2,1H3/t10-/m1/s1. The van der Waals surface area contributed by atoms with E-state index in [0.717, 1.165) is 13.1 Å². The minimum Gasteiger partial charge on any atom is -0.264 e. The maximum absolute atomic E-state index is 4.14. The minimum atomic E-state index is 0.654. The highest BCUT2D eigenvalue weighted by Gasteiger charge is 2.22. The third-order valence-electron chi connectivity index (χ3n) is 2.66. The van der Waals surface area contributed by atoms with E-state index in [0.29, 0.717) is 5.92 Å². The second kappa shape index (κ2) is 3.85. The molecular weight excluding hydrogens is 162 g/mol. The van der Waals surface area contributed by atoms with Crippen LogP contribution >= 0.6 is 0 Å². The molecule has 70 valence electrons. The van der Waals surface area contributed by atoms with Crippen molar-refractivity contribution < 1.29 is 0 Å². The molecule has 0 aliphatic carbocycles. The Labute approximate surface area is 78.7 Å². The maximum Gasteiger partial charge on any atom is 0.0303 e. The fourth-order valence-electron chi connectivity index (χ4n) is 1.85. The van der Waals surface area contributed by atoms with Crippen LogP contribution in [0.25, 0.3) is 0 Å². The van der Waals surface area contributed by atoms with E-state index < -0.39 is 0 Å². The van der Waals surface area contributed by atoms with E-state index in [1.54, 1.807) is 0 Å². The van der Waals surface area contributed by atoms with Crippen molar-refractivity contribution in [3.05, 3.63) is 30.1 Å². The highest BCUT2D eigenvalue weighted by molar-refractivity contribution is 5.16. The first-order valence-electron chi connectivity index (χ1n) is 4.72. The van der Waals surface area contributed by atoms with Crippen LogP contribution in [0.3, 0.4) is 0 Å². The molecule has 1 fully saturated rings. The van der Waals surface area contributed by atoms with Gasteiger partial charge in [-0.1, -0.05) is 6.07 Å². The van der Waals surface area contributed by atoms with Crippen LogP contribution < -0.4 is 5.43 Å². The van der Waals surface area contributed by atoms with E-state index in [2.05, 4.69) is 21.5 Å². The Hall–Kier alpha value is -0.930. The van der Waals surface area contributed by atoms with Crippen LogP contribution in [0.15, 0.2) is 24.5 Å². The average Bonchev–Trinajstić information content (AvgIpc) is 2.67. The first-order chi connectivity index (χ1) is 6.40. The lowest BCUT2D eigenvalue weighted by molar-refractivity contribution is 0.258. The summed E-state index contributed by atoms with van der Waals surface area (Å²) in [6, 6.07) is 4.17. The van der Waals surface area contributed by atoms with Gasteiger partial charge in [-0.15, -0.1) is 0 Å².